The van der Waals surface area contributed by atoms with Crippen molar-refractivity contribution in [2.45, 2.75) is 44.7 Å². The molecule has 1 aliphatic carbocycles. The third-order valence-electron chi connectivity index (χ3n) is 4.53. The number of hydrogen-bond donors (Lipinski definition) is 1. The van der Waals surface area contributed by atoms with E-state index >= 15 is 0 Å². The molecule has 1 saturated carbocycles. The number of anilines is 1. The van der Waals surface area contributed by atoms with Crippen LogP contribution in [-0.4, -0.2) is 50.2 Å². The Morgan fingerprint density at radius 1 is 1.30 bits per heavy atom. The van der Waals surface area contributed by atoms with Crippen LogP contribution in [0.15, 0.2) is 0 Å². The third-order valence-corrected chi connectivity index (χ3v) is 5.74. The Bertz CT molecular complexity index is 437. The van der Waals surface area contributed by atoms with Gasteiger partial charge in [0.15, 0.2) is 5.13 Å². The highest BCUT2D eigenvalue weighted by atomic mass is 32.1. The van der Waals surface area contributed by atoms with Crippen LogP contribution in [0.4, 0.5) is 5.13 Å². The molecule has 4 nitrogen and oxygen atoms in total. The molecule has 0 bridgehead atoms. The zero-order chi connectivity index (χ0) is 14.8. The molecule has 2 rings (SSSR count). The largest absolute Gasteiger partial charge is 0.349 e. The molecule has 0 saturated heterocycles. The summed E-state index contributed by atoms with van der Waals surface area (Å²) in [4.78, 5) is 11.0. The van der Waals surface area contributed by atoms with E-state index in [0.717, 1.165) is 19.5 Å². The second-order valence-electron chi connectivity index (χ2n) is 6.08. The Labute approximate surface area is 127 Å². The zero-order valence-electron chi connectivity index (χ0n) is 13.5. The van der Waals surface area contributed by atoms with Crippen molar-refractivity contribution < 1.29 is 0 Å². The van der Waals surface area contributed by atoms with Gasteiger partial charge in [0.2, 0.25) is 0 Å². The highest BCUT2D eigenvalue weighted by Crippen LogP contribution is 2.38. The average Bonchev–Trinajstić information content (AvgIpc) is 2.77. The van der Waals surface area contributed by atoms with Gasteiger partial charge in [-0.25, -0.2) is 4.98 Å². The Kier molecular flexibility index (Phi) is 5.04. The number of thiazole rings is 1. The highest BCUT2D eigenvalue weighted by molar-refractivity contribution is 7.15. The van der Waals surface area contributed by atoms with Crippen LogP contribution in [-0.2, 0) is 13.0 Å². The Hall–Kier alpha value is -0.650. The fraction of sp³-hybridized carbons (Fsp3) is 0.800. The second-order valence-corrected chi connectivity index (χ2v) is 7.14. The number of likely N-dealkylation sites (N-methyl/N-ethyl adjacent to an activating group) is 2. The maximum atomic E-state index is 4.84. The van der Waals surface area contributed by atoms with Gasteiger partial charge in [-0.2, -0.15) is 0 Å². The van der Waals surface area contributed by atoms with E-state index in [4.69, 9.17) is 4.98 Å². The standard InChI is InChI=1S/C15H28N4S/c1-6-12-13(10-16-2)20-14(17-12)19(5)11-15(18(3)4)8-7-9-15/h16H,6-11H2,1-5H3. The lowest BCUT2D eigenvalue weighted by Crippen LogP contribution is -2.56. The molecule has 0 unspecified atom stereocenters. The molecule has 1 fully saturated rings. The molecule has 1 N–H and O–H groups in total. The lowest BCUT2D eigenvalue weighted by atomic mass is 9.75. The van der Waals surface area contributed by atoms with Crippen molar-refractivity contribution in [3.63, 3.8) is 0 Å². The van der Waals surface area contributed by atoms with Gasteiger partial charge in [-0.05, 0) is 46.8 Å². The quantitative estimate of drug-likeness (QED) is 0.837. The topological polar surface area (TPSA) is 31.4 Å². The first-order valence-corrected chi connectivity index (χ1v) is 8.36. The van der Waals surface area contributed by atoms with E-state index in [2.05, 4.69) is 43.2 Å². The van der Waals surface area contributed by atoms with Gasteiger partial charge < -0.3 is 15.1 Å². The molecule has 0 aliphatic heterocycles. The molecule has 20 heavy (non-hydrogen) atoms. The summed E-state index contributed by atoms with van der Waals surface area (Å²) < 4.78 is 0. The molecular formula is C15H28N4S. The summed E-state index contributed by atoms with van der Waals surface area (Å²) in [5.41, 5.74) is 1.61. The monoisotopic (exact) mass is 296 g/mol. The summed E-state index contributed by atoms with van der Waals surface area (Å²) in [7, 11) is 8.60. The molecule has 1 aromatic rings. The molecule has 0 atom stereocenters. The summed E-state index contributed by atoms with van der Waals surface area (Å²) in [6, 6.07) is 0. The van der Waals surface area contributed by atoms with Gasteiger partial charge in [0.1, 0.15) is 0 Å². The SMILES string of the molecule is CCc1nc(N(C)CC2(N(C)C)CCC2)sc1CNC. The van der Waals surface area contributed by atoms with E-state index in [9.17, 15) is 0 Å². The van der Waals surface area contributed by atoms with Crippen LogP contribution in [0.3, 0.4) is 0 Å². The van der Waals surface area contributed by atoms with Crippen molar-refractivity contribution in [1.29, 1.82) is 0 Å². The molecule has 0 spiro atoms. The molecule has 0 amide bonds. The summed E-state index contributed by atoms with van der Waals surface area (Å²) in [5, 5.41) is 4.41. The summed E-state index contributed by atoms with van der Waals surface area (Å²) in [6.45, 7) is 4.19. The van der Waals surface area contributed by atoms with Crippen molar-refractivity contribution in [3.8, 4) is 0 Å². The molecule has 5 heteroatoms. The molecule has 114 valence electrons. The highest BCUT2D eigenvalue weighted by Gasteiger charge is 2.40. The maximum Gasteiger partial charge on any atom is 0.185 e. The van der Waals surface area contributed by atoms with Crippen molar-refractivity contribution in [2.24, 2.45) is 0 Å². The summed E-state index contributed by atoms with van der Waals surface area (Å²) in [6.07, 6.45) is 4.98. The average molecular weight is 296 g/mol. The van der Waals surface area contributed by atoms with Crippen LogP contribution >= 0.6 is 11.3 Å². The number of nitrogens with zero attached hydrogens (tertiary/aromatic N) is 3. The molecule has 1 aromatic heterocycles. The van der Waals surface area contributed by atoms with Crippen molar-refractivity contribution in [3.05, 3.63) is 10.6 Å². The lowest BCUT2D eigenvalue weighted by molar-refractivity contribution is 0.0683. The van der Waals surface area contributed by atoms with Gasteiger partial charge >= 0.3 is 0 Å². The minimum Gasteiger partial charge on any atom is -0.349 e. The third kappa shape index (κ3) is 3.00. The predicted octanol–water partition coefficient (Wildman–Crippen LogP) is 2.35. The van der Waals surface area contributed by atoms with Crippen LogP contribution in [0.25, 0.3) is 0 Å². The fourth-order valence-corrected chi connectivity index (χ4v) is 4.07. The number of aromatic nitrogens is 1. The van der Waals surface area contributed by atoms with Gasteiger partial charge in [-0.3, -0.25) is 0 Å². The molecule has 0 aromatic carbocycles. The molecular weight excluding hydrogens is 268 g/mol. The van der Waals surface area contributed by atoms with E-state index in [1.165, 1.54) is 35.0 Å². The first-order valence-electron chi connectivity index (χ1n) is 7.54. The Balaban J connectivity index is 2.10. The van der Waals surface area contributed by atoms with Crippen molar-refractivity contribution >= 4 is 16.5 Å². The van der Waals surface area contributed by atoms with E-state index in [0.29, 0.717) is 5.54 Å². The lowest BCUT2D eigenvalue weighted by Gasteiger charge is -2.49. The first kappa shape index (κ1) is 15.7. The second kappa shape index (κ2) is 6.41. The summed E-state index contributed by atoms with van der Waals surface area (Å²) in [5.74, 6) is 0. The van der Waals surface area contributed by atoms with E-state index in [1.807, 2.05) is 18.4 Å². The van der Waals surface area contributed by atoms with Gasteiger partial charge in [0, 0.05) is 30.6 Å². The number of hydrogen-bond acceptors (Lipinski definition) is 5. The Morgan fingerprint density at radius 3 is 2.45 bits per heavy atom. The number of rotatable bonds is 7. The van der Waals surface area contributed by atoms with Crippen LogP contribution < -0.4 is 10.2 Å². The molecule has 1 heterocycles. The normalized spacial score (nSPS) is 17.3. The molecule has 1 aliphatic rings. The van der Waals surface area contributed by atoms with Gasteiger partial charge in [-0.1, -0.05) is 6.92 Å². The van der Waals surface area contributed by atoms with Crippen molar-refractivity contribution in [1.82, 2.24) is 15.2 Å². The fourth-order valence-electron chi connectivity index (χ4n) is 2.95. The van der Waals surface area contributed by atoms with Gasteiger partial charge in [0.05, 0.1) is 5.69 Å². The first-order chi connectivity index (χ1) is 9.52. The van der Waals surface area contributed by atoms with Crippen molar-refractivity contribution in [2.75, 3.05) is 39.6 Å². The maximum absolute atomic E-state index is 4.84. The number of aryl methyl sites for hydroxylation is 1. The number of nitrogens with one attached hydrogen (secondary N) is 1. The van der Waals surface area contributed by atoms with E-state index in [1.54, 1.807) is 0 Å². The minimum atomic E-state index is 0.357. The predicted molar refractivity (Wildman–Crippen MR) is 87.8 cm³/mol. The van der Waals surface area contributed by atoms with Crippen LogP contribution in [0.5, 0.6) is 0 Å². The zero-order valence-corrected chi connectivity index (χ0v) is 14.3. The minimum absolute atomic E-state index is 0.357. The van der Waals surface area contributed by atoms with Gasteiger partial charge in [0.25, 0.3) is 0 Å². The smallest absolute Gasteiger partial charge is 0.185 e. The van der Waals surface area contributed by atoms with Crippen LogP contribution in [0.2, 0.25) is 0 Å². The summed E-state index contributed by atoms with van der Waals surface area (Å²) >= 11 is 1.84. The van der Waals surface area contributed by atoms with E-state index in [-0.39, 0.29) is 0 Å². The Morgan fingerprint density at radius 2 is 2.00 bits per heavy atom. The van der Waals surface area contributed by atoms with Crippen LogP contribution in [0.1, 0.15) is 36.8 Å². The van der Waals surface area contributed by atoms with Gasteiger partial charge in [-0.15, -0.1) is 11.3 Å². The molecule has 0 radical (unpaired) electrons. The van der Waals surface area contributed by atoms with E-state index < -0.39 is 0 Å². The van der Waals surface area contributed by atoms with Crippen LogP contribution in [0, 0.1) is 0 Å².